The molecule has 0 aromatic heterocycles. The Balaban J connectivity index is 1.96. The Kier molecular flexibility index (Phi) is 6.17. The normalized spacial score (nSPS) is 11.7. The zero-order chi connectivity index (χ0) is 18.4. The number of benzene rings is 2. The molecule has 2 rings (SSSR count). The lowest BCUT2D eigenvalue weighted by molar-refractivity contribution is -0.122. The van der Waals surface area contributed by atoms with Crippen LogP contribution in [0.2, 0.25) is 0 Å². The maximum atomic E-state index is 12.3. The highest BCUT2D eigenvalue weighted by Crippen LogP contribution is 2.21. The third-order valence-electron chi connectivity index (χ3n) is 3.68. The monoisotopic (exact) mass is 340 g/mol. The molecule has 2 aromatic carbocycles. The van der Waals surface area contributed by atoms with Crippen LogP contribution in [0.15, 0.2) is 48.5 Å². The fourth-order valence-corrected chi connectivity index (χ4v) is 2.29. The van der Waals surface area contributed by atoms with Crippen LogP contribution in [-0.2, 0) is 9.59 Å². The molecular formula is C20H24N2O3. The largest absolute Gasteiger partial charge is 0.481 e. The second kappa shape index (κ2) is 8.33. The Morgan fingerprint density at radius 1 is 0.920 bits per heavy atom. The summed E-state index contributed by atoms with van der Waals surface area (Å²) >= 11 is 0. The molecule has 0 aliphatic heterocycles. The number of carbonyl (C=O) groups is 2. The van der Waals surface area contributed by atoms with Gasteiger partial charge in [-0.25, -0.2) is 0 Å². The summed E-state index contributed by atoms with van der Waals surface area (Å²) in [5, 5.41) is 5.48. The van der Waals surface area contributed by atoms with Gasteiger partial charge in [0.25, 0.3) is 5.91 Å². The molecule has 0 bridgehead atoms. The lowest BCUT2D eigenvalue weighted by Crippen LogP contribution is -2.30. The first kappa shape index (κ1) is 18.5. The van der Waals surface area contributed by atoms with Gasteiger partial charge >= 0.3 is 0 Å². The highest BCUT2D eigenvalue weighted by molar-refractivity contribution is 5.94. The highest BCUT2D eigenvalue weighted by atomic mass is 16.5. The van der Waals surface area contributed by atoms with Crippen molar-refractivity contribution in [2.45, 2.75) is 39.7 Å². The number of hydrogen-bond acceptors (Lipinski definition) is 3. The smallest absolute Gasteiger partial charge is 0.265 e. The van der Waals surface area contributed by atoms with E-state index in [0.717, 1.165) is 0 Å². The third kappa shape index (κ3) is 5.64. The summed E-state index contributed by atoms with van der Waals surface area (Å²) in [5.41, 5.74) is 2.49. The molecule has 0 aliphatic rings. The van der Waals surface area contributed by atoms with Crippen molar-refractivity contribution in [1.82, 2.24) is 0 Å². The molecule has 2 amide bonds. The van der Waals surface area contributed by atoms with Crippen LogP contribution in [0.25, 0.3) is 0 Å². The Morgan fingerprint density at radius 3 is 2.08 bits per heavy atom. The maximum absolute atomic E-state index is 12.3. The van der Waals surface area contributed by atoms with Gasteiger partial charge in [0, 0.05) is 18.3 Å². The molecule has 5 nitrogen and oxygen atoms in total. The van der Waals surface area contributed by atoms with Gasteiger partial charge in [0.15, 0.2) is 6.10 Å². The Morgan fingerprint density at radius 2 is 1.52 bits per heavy atom. The van der Waals surface area contributed by atoms with Crippen LogP contribution in [0, 0.1) is 0 Å². The van der Waals surface area contributed by atoms with Crippen molar-refractivity contribution in [3.05, 3.63) is 54.1 Å². The van der Waals surface area contributed by atoms with Crippen LogP contribution >= 0.6 is 0 Å². The number of rotatable bonds is 6. The molecule has 0 saturated heterocycles. The van der Waals surface area contributed by atoms with Crippen molar-refractivity contribution in [1.29, 1.82) is 0 Å². The molecule has 0 fully saturated rings. The fraction of sp³-hybridized carbons (Fsp3) is 0.300. The van der Waals surface area contributed by atoms with Crippen molar-refractivity contribution >= 4 is 23.2 Å². The molecule has 1 atom stereocenters. The standard InChI is InChI=1S/C20H24N2O3/c1-13(2)16-6-5-7-19(12-16)25-14(3)20(24)22-18-10-8-17(9-11-18)21-15(4)23/h5-14H,1-4H3,(H,21,23)(H,22,24). The average Bonchev–Trinajstić information content (AvgIpc) is 2.56. The van der Waals surface area contributed by atoms with Gasteiger partial charge in [0.2, 0.25) is 5.91 Å². The number of amides is 2. The van der Waals surface area contributed by atoms with E-state index in [4.69, 9.17) is 4.74 Å². The summed E-state index contributed by atoms with van der Waals surface area (Å²) in [6, 6.07) is 14.7. The summed E-state index contributed by atoms with van der Waals surface area (Å²) in [6.07, 6.45) is -0.627. The molecule has 0 heterocycles. The van der Waals surface area contributed by atoms with Crippen LogP contribution in [-0.4, -0.2) is 17.9 Å². The molecule has 2 N–H and O–H groups in total. The van der Waals surface area contributed by atoms with Gasteiger partial charge in [-0.1, -0.05) is 26.0 Å². The first-order valence-electron chi connectivity index (χ1n) is 8.30. The number of hydrogen-bond donors (Lipinski definition) is 2. The molecule has 0 saturated carbocycles. The van der Waals surface area contributed by atoms with E-state index in [1.807, 2.05) is 24.3 Å². The van der Waals surface area contributed by atoms with Crippen LogP contribution in [0.4, 0.5) is 11.4 Å². The Bertz CT molecular complexity index is 739. The van der Waals surface area contributed by atoms with Gasteiger partial charge in [-0.2, -0.15) is 0 Å². The van der Waals surface area contributed by atoms with Gasteiger partial charge in [-0.05, 0) is 54.8 Å². The minimum absolute atomic E-state index is 0.137. The van der Waals surface area contributed by atoms with E-state index >= 15 is 0 Å². The predicted octanol–water partition coefficient (Wildman–Crippen LogP) is 4.17. The number of nitrogens with one attached hydrogen (secondary N) is 2. The summed E-state index contributed by atoms with van der Waals surface area (Å²) in [7, 11) is 0. The van der Waals surface area contributed by atoms with Crippen molar-refractivity contribution in [2.75, 3.05) is 10.6 Å². The Hall–Kier alpha value is -2.82. The highest BCUT2D eigenvalue weighted by Gasteiger charge is 2.15. The Labute approximate surface area is 148 Å². The SMILES string of the molecule is CC(=O)Nc1ccc(NC(=O)C(C)Oc2cccc(C(C)C)c2)cc1. The summed E-state index contributed by atoms with van der Waals surface area (Å²) in [6.45, 7) is 7.38. The van der Waals surface area contributed by atoms with Crippen molar-refractivity contribution < 1.29 is 14.3 Å². The molecule has 0 radical (unpaired) electrons. The molecule has 0 spiro atoms. The van der Waals surface area contributed by atoms with E-state index in [-0.39, 0.29) is 11.8 Å². The summed E-state index contributed by atoms with van der Waals surface area (Å²) in [5.74, 6) is 0.703. The maximum Gasteiger partial charge on any atom is 0.265 e. The summed E-state index contributed by atoms with van der Waals surface area (Å²) in [4.78, 5) is 23.3. The lowest BCUT2D eigenvalue weighted by atomic mass is 10.0. The summed E-state index contributed by atoms with van der Waals surface area (Å²) < 4.78 is 5.75. The van der Waals surface area contributed by atoms with Gasteiger partial charge in [0.05, 0.1) is 0 Å². The topological polar surface area (TPSA) is 67.4 Å². The van der Waals surface area contributed by atoms with E-state index in [2.05, 4.69) is 24.5 Å². The first-order valence-corrected chi connectivity index (χ1v) is 8.30. The average molecular weight is 340 g/mol. The molecule has 0 aliphatic carbocycles. The van der Waals surface area contributed by atoms with E-state index in [0.29, 0.717) is 23.0 Å². The van der Waals surface area contributed by atoms with E-state index in [9.17, 15) is 9.59 Å². The van der Waals surface area contributed by atoms with Crippen molar-refractivity contribution in [3.8, 4) is 5.75 Å². The second-order valence-corrected chi connectivity index (χ2v) is 6.24. The minimum Gasteiger partial charge on any atom is -0.481 e. The van der Waals surface area contributed by atoms with Gasteiger partial charge in [-0.3, -0.25) is 9.59 Å². The quantitative estimate of drug-likeness (QED) is 0.829. The van der Waals surface area contributed by atoms with Gasteiger partial charge in [0.1, 0.15) is 5.75 Å². The fourth-order valence-electron chi connectivity index (χ4n) is 2.29. The number of ether oxygens (including phenoxy) is 1. The predicted molar refractivity (Wildman–Crippen MR) is 100.0 cm³/mol. The molecule has 5 heteroatoms. The zero-order valence-corrected chi connectivity index (χ0v) is 15.0. The van der Waals surface area contributed by atoms with Gasteiger partial charge < -0.3 is 15.4 Å². The molecule has 1 unspecified atom stereocenters. The van der Waals surface area contributed by atoms with Crippen LogP contribution in [0.5, 0.6) is 5.75 Å². The number of carbonyl (C=O) groups excluding carboxylic acids is 2. The van der Waals surface area contributed by atoms with Crippen LogP contribution in [0.3, 0.4) is 0 Å². The molecule has 132 valence electrons. The van der Waals surface area contributed by atoms with Crippen LogP contribution in [0.1, 0.15) is 39.2 Å². The van der Waals surface area contributed by atoms with E-state index in [1.54, 1.807) is 31.2 Å². The zero-order valence-electron chi connectivity index (χ0n) is 15.0. The van der Waals surface area contributed by atoms with E-state index < -0.39 is 6.10 Å². The second-order valence-electron chi connectivity index (χ2n) is 6.24. The molecule has 25 heavy (non-hydrogen) atoms. The van der Waals surface area contributed by atoms with Crippen LogP contribution < -0.4 is 15.4 Å². The third-order valence-corrected chi connectivity index (χ3v) is 3.68. The lowest BCUT2D eigenvalue weighted by Gasteiger charge is -2.16. The number of anilines is 2. The first-order chi connectivity index (χ1) is 11.8. The van der Waals surface area contributed by atoms with Gasteiger partial charge in [-0.15, -0.1) is 0 Å². The minimum atomic E-state index is -0.627. The molecule has 2 aromatic rings. The van der Waals surface area contributed by atoms with Crippen molar-refractivity contribution in [3.63, 3.8) is 0 Å². The van der Waals surface area contributed by atoms with E-state index in [1.165, 1.54) is 12.5 Å². The van der Waals surface area contributed by atoms with Crippen molar-refractivity contribution in [2.24, 2.45) is 0 Å². The molecular weight excluding hydrogens is 316 g/mol.